The van der Waals surface area contributed by atoms with Crippen LogP contribution in [0.15, 0.2) is 22.5 Å². The molecule has 0 spiro atoms. The molecule has 0 atom stereocenters. The number of carbonyl (C=O) groups is 2. The minimum atomic E-state index is -0.693. The molecule has 1 heterocycles. The molecule has 0 saturated carbocycles. The van der Waals surface area contributed by atoms with E-state index in [-0.39, 0.29) is 18.8 Å². The lowest BCUT2D eigenvalue weighted by atomic mass is 10.3. The van der Waals surface area contributed by atoms with Gasteiger partial charge in [0.05, 0.1) is 18.9 Å². The Balaban J connectivity index is 2.86. The smallest absolute Gasteiger partial charge is 0.347 e. The van der Waals surface area contributed by atoms with E-state index >= 15 is 0 Å². The number of hydrogen-bond donors (Lipinski definition) is 1. The lowest BCUT2D eigenvalue weighted by Crippen LogP contribution is -2.19. The van der Waals surface area contributed by atoms with Gasteiger partial charge in [-0.05, 0) is 31.7 Å². The van der Waals surface area contributed by atoms with Crippen LogP contribution in [0.25, 0.3) is 0 Å². The van der Waals surface area contributed by atoms with Crippen LogP contribution >= 0.6 is 11.3 Å². The van der Waals surface area contributed by atoms with Crippen LogP contribution in [0.4, 0.5) is 5.69 Å². The fraction of sp³-hybridized carbons (Fsp3) is 0.385. The largest absolute Gasteiger partial charge is 0.462 e. The van der Waals surface area contributed by atoms with E-state index in [4.69, 9.17) is 9.47 Å². The summed E-state index contributed by atoms with van der Waals surface area (Å²) in [5, 5.41) is 6.77. The summed E-state index contributed by atoms with van der Waals surface area (Å²) in [6.07, 6.45) is 1.32. The predicted molar refractivity (Wildman–Crippen MR) is 74.0 cm³/mol. The fourth-order valence-electron chi connectivity index (χ4n) is 1.28. The van der Waals surface area contributed by atoms with Gasteiger partial charge in [-0.2, -0.15) is 0 Å². The third-order valence-corrected chi connectivity index (χ3v) is 3.08. The standard InChI is InChI=1S/C13H17NO4S/c1-4-17-12(15)10(13(16)18-5-2)6-14-11-8-19-7-9(11)3/h6-8,14H,4-5H2,1-3H3. The van der Waals surface area contributed by atoms with Crippen molar-refractivity contribution in [2.45, 2.75) is 20.8 Å². The highest BCUT2D eigenvalue weighted by atomic mass is 32.1. The maximum Gasteiger partial charge on any atom is 0.347 e. The molecule has 104 valence electrons. The molecule has 0 aliphatic rings. The van der Waals surface area contributed by atoms with Gasteiger partial charge in [0, 0.05) is 11.6 Å². The number of thiophene rings is 1. The van der Waals surface area contributed by atoms with Gasteiger partial charge in [0.1, 0.15) is 0 Å². The zero-order valence-corrected chi connectivity index (χ0v) is 12.0. The van der Waals surface area contributed by atoms with Crippen molar-refractivity contribution in [1.29, 1.82) is 0 Å². The van der Waals surface area contributed by atoms with Gasteiger partial charge in [0.15, 0.2) is 5.57 Å². The number of anilines is 1. The lowest BCUT2D eigenvalue weighted by Gasteiger charge is -2.07. The molecular weight excluding hydrogens is 266 g/mol. The normalized spacial score (nSPS) is 9.63. The van der Waals surface area contributed by atoms with E-state index in [1.54, 1.807) is 13.8 Å². The third-order valence-electron chi connectivity index (χ3n) is 2.22. The highest BCUT2D eigenvalue weighted by Gasteiger charge is 2.20. The third kappa shape index (κ3) is 4.40. The lowest BCUT2D eigenvalue weighted by molar-refractivity contribution is -0.146. The summed E-state index contributed by atoms with van der Waals surface area (Å²) in [4.78, 5) is 23.4. The minimum Gasteiger partial charge on any atom is -0.462 e. The molecule has 1 N–H and O–H groups in total. The van der Waals surface area contributed by atoms with Gasteiger partial charge in [-0.1, -0.05) is 0 Å². The number of aryl methyl sites for hydroxylation is 1. The molecule has 0 aromatic carbocycles. The molecule has 0 saturated heterocycles. The molecule has 1 aromatic heterocycles. The van der Waals surface area contributed by atoms with E-state index < -0.39 is 11.9 Å². The molecule has 0 aliphatic carbocycles. The number of hydrogen-bond acceptors (Lipinski definition) is 6. The average molecular weight is 283 g/mol. The summed E-state index contributed by atoms with van der Waals surface area (Å²) >= 11 is 1.53. The van der Waals surface area contributed by atoms with Crippen molar-refractivity contribution in [2.24, 2.45) is 0 Å². The van der Waals surface area contributed by atoms with E-state index in [9.17, 15) is 9.59 Å². The zero-order chi connectivity index (χ0) is 14.3. The van der Waals surface area contributed by atoms with Crippen LogP contribution in [0.5, 0.6) is 0 Å². The maximum absolute atomic E-state index is 11.7. The first-order valence-corrected chi connectivity index (χ1v) is 6.88. The number of carbonyl (C=O) groups excluding carboxylic acids is 2. The monoisotopic (exact) mass is 283 g/mol. The first kappa shape index (κ1) is 15.2. The van der Waals surface area contributed by atoms with E-state index in [1.165, 1.54) is 17.5 Å². The first-order chi connectivity index (χ1) is 9.10. The van der Waals surface area contributed by atoms with Crippen LogP contribution in [0, 0.1) is 6.92 Å². The van der Waals surface area contributed by atoms with E-state index in [0.717, 1.165) is 11.3 Å². The molecule has 1 aromatic rings. The number of ether oxygens (including phenoxy) is 2. The molecular formula is C13H17NO4S. The van der Waals surface area contributed by atoms with Crippen LogP contribution in [-0.4, -0.2) is 25.2 Å². The Kier molecular flexibility index (Phi) is 6.08. The summed E-state index contributed by atoms with van der Waals surface area (Å²) in [6, 6.07) is 0. The van der Waals surface area contributed by atoms with E-state index in [2.05, 4.69) is 5.32 Å². The Hall–Kier alpha value is -1.82. The Labute approximate surface area is 116 Å². The van der Waals surface area contributed by atoms with Gasteiger partial charge in [0.25, 0.3) is 0 Å². The molecule has 6 heteroatoms. The first-order valence-electron chi connectivity index (χ1n) is 5.93. The maximum atomic E-state index is 11.7. The van der Waals surface area contributed by atoms with Crippen molar-refractivity contribution in [1.82, 2.24) is 0 Å². The average Bonchev–Trinajstić information content (AvgIpc) is 2.76. The summed E-state index contributed by atoms with van der Waals surface area (Å²) in [6.45, 7) is 5.69. The van der Waals surface area contributed by atoms with Crippen molar-refractivity contribution in [2.75, 3.05) is 18.5 Å². The SMILES string of the molecule is CCOC(=O)C(=CNc1cscc1C)C(=O)OCC. The van der Waals surface area contributed by atoms with E-state index in [0.29, 0.717) is 0 Å². The highest BCUT2D eigenvalue weighted by Crippen LogP contribution is 2.19. The molecule has 0 aliphatic heterocycles. The van der Waals surface area contributed by atoms with E-state index in [1.807, 2.05) is 17.7 Å². The van der Waals surface area contributed by atoms with Gasteiger partial charge in [-0.3, -0.25) is 0 Å². The van der Waals surface area contributed by atoms with Crippen molar-refractivity contribution < 1.29 is 19.1 Å². The number of nitrogens with one attached hydrogen (secondary N) is 1. The molecule has 0 amide bonds. The van der Waals surface area contributed by atoms with Crippen molar-refractivity contribution in [3.63, 3.8) is 0 Å². The Morgan fingerprint density at radius 2 is 1.79 bits per heavy atom. The van der Waals surface area contributed by atoms with Gasteiger partial charge < -0.3 is 14.8 Å². The zero-order valence-electron chi connectivity index (χ0n) is 11.2. The van der Waals surface area contributed by atoms with Gasteiger partial charge in [0.2, 0.25) is 0 Å². The number of esters is 2. The molecule has 0 unspecified atom stereocenters. The van der Waals surface area contributed by atoms with Gasteiger partial charge in [-0.25, -0.2) is 9.59 Å². The fourth-order valence-corrected chi connectivity index (χ4v) is 2.07. The quantitative estimate of drug-likeness (QED) is 0.376. The molecule has 0 bridgehead atoms. The van der Waals surface area contributed by atoms with Crippen LogP contribution < -0.4 is 5.32 Å². The summed E-state index contributed by atoms with van der Waals surface area (Å²) in [5.41, 5.74) is 1.73. The Morgan fingerprint density at radius 1 is 1.21 bits per heavy atom. The van der Waals surface area contributed by atoms with Crippen molar-refractivity contribution in [3.05, 3.63) is 28.1 Å². The van der Waals surface area contributed by atoms with Crippen LogP contribution in [0.1, 0.15) is 19.4 Å². The Morgan fingerprint density at radius 3 is 2.21 bits per heavy atom. The number of rotatable bonds is 6. The minimum absolute atomic E-state index is 0.144. The molecule has 0 radical (unpaired) electrons. The molecule has 1 rings (SSSR count). The van der Waals surface area contributed by atoms with Crippen LogP contribution in [-0.2, 0) is 19.1 Å². The molecule has 5 nitrogen and oxygen atoms in total. The second kappa shape index (κ2) is 7.58. The highest BCUT2D eigenvalue weighted by molar-refractivity contribution is 7.08. The van der Waals surface area contributed by atoms with Crippen molar-refractivity contribution >= 4 is 29.0 Å². The topological polar surface area (TPSA) is 64.6 Å². The van der Waals surface area contributed by atoms with Crippen molar-refractivity contribution in [3.8, 4) is 0 Å². The summed E-state index contributed by atoms with van der Waals surface area (Å²) in [5.74, 6) is -1.39. The molecule has 0 fully saturated rings. The summed E-state index contributed by atoms with van der Waals surface area (Å²) in [7, 11) is 0. The van der Waals surface area contributed by atoms with Gasteiger partial charge in [-0.15, -0.1) is 11.3 Å². The second-order valence-electron chi connectivity index (χ2n) is 3.61. The summed E-state index contributed by atoms with van der Waals surface area (Å²) < 4.78 is 9.65. The second-order valence-corrected chi connectivity index (χ2v) is 4.36. The Bertz CT molecular complexity index is 459. The predicted octanol–water partition coefficient (Wildman–Crippen LogP) is 2.48. The molecule has 19 heavy (non-hydrogen) atoms. The van der Waals surface area contributed by atoms with Gasteiger partial charge >= 0.3 is 11.9 Å². The van der Waals surface area contributed by atoms with Crippen LogP contribution in [0.3, 0.4) is 0 Å². The van der Waals surface area contributed by atoms with Crippen LogP contribution in [0.2, 0.25) is 0 Å².